The van der Waals surface area contributed by atoms with Gasteiger partial charge in [-0.05, 0) is 30.0 Å². The third kappa shape index (κ3) is 7.64. The molecule has 120 valence electrons. The van der Waals surface area contributed by atoms with Crippen LogP contribution in [0.1, 0.15) is 39.7 Å². The van der Waals surface area contributed by atoms with Crippen molar-refractivity contribution in [1.82, 2.24) is 5.32 Å². The minimum Gasteiger partial charge on any atom is -0.370 e. The SMILES string of the molecule is CC(C)CCNC(N)=NCC(C)(C)c1cccc(F)c1.I. The second-order valence-corrected chi connectivity index (χ2v) is 6.20. The summed E-state index contributed by atoms with van der Waals surface area (Å²) in [5.41, 5.74) is 6.52. The van der Waals surface area contributed by atoms with E-state index in [4.69, 9.17) is 5.73 Å². The van der Waals surface area contributed by atoms with Crippen LogP contribution in [0.3, 0.4) is 0 Å². The zero-order valence-electron chi connectivity index (χ0n) is 13.3. The van der Waals surface area contributed by atoms with Gasteiger partial charge in [-0.15, -0.1) is 24.0 Å². The van der Waals surface area contributed by atoms with Crippen LogP contribution in [0.15, 0.2) is 29.3 Å². The van der Waals surface area contributed by atoms with Crippen molar-refractivity contribution in [1.29, 1.82) is 0 Å². The zero-order chi connectivity index (χ0) is 15.2. The molecule has 3 N–H and O–H groups in total. The quantitative estimate of drug-likeness (QED) is 0.430. The molecule has 0 saturated carbocycles. The van der Waals surface area contributed by atoms with Gasteiger partial charge in [-0.3, -0.25) is 4.99 Å². The number of hydrogen-bond donors (Lipinski definition) is 2. The van der Waals surface area contributed by atoms with E-state index in [-0.39, 0.29) is 35.2 Å². The molecule has 0 radical (unpaired) electrons. The van der Waals surface area contributed by atoms with Gasteiger partial charge in [0.05, 0.1) is 6.54 Å². The molecule has 1 aromatic carbocycles. The first-order chi connectivity index (χ1) is 9.31. The number of nitrogens with one attached hydrogen (secondary N) is 1. The number of guanidine groups is 1. The maximum absolute atomic E-state index is 13.3. The Morgan fingerprint density at radius 2 is 2.05 bits per heavy atom. The largest absolute Gasteiger partial charge is 0.370 e. The lowest BCUT2D eigenvalue weighted by Crippen LogP contribution is -2.34. The van der Waals surface area contributed by atoms with Crippen molar-refractivity contribution in [2.75, 3.05) is 13.1 Å². The van der Waals surface area contributed by atoms with Crippen LogP contribution in [0, 0.1) is 11.7 Å². The molecule has 0 aliphatic heterocycles. The lowest BCUT2D eigenvalue weighted by atomic mass is 9.85. The summed E-state index contributed by atoms with van der Waals surface area (Å²) in [6, 6.07) is 6.64. The Kier molecular flexibility index (Phi) is 8.85. The molecular formula is C16H27FIN3. The van der Waals surface area contributed by atoms with Crippen LogP contribution in [0.5, 0.6) is 0 Å². The van der Waals surface area contributed by atoms with Gasteiger partial charge in [0.1, 0.15) is 5.82 Å². The summed E-state index contributed by atoms with van der Waals surface area (Å²) in [5.74, 6) is 0.872. The molecule has 5 heteroatoms. The number of nitrogens with two attached hydrogens (primary N) is 1. The van der Waals surface area contributed by atoms with Gasteiger partial charge in [-0.25, -0.2) is 4.39 Å². The Bertz CT molecular complexity index is 459. The number of aliphatic imine (C=N–C) groups is 1. The van der Waals surface area contributed by atoms with Gasteiger partial charge >= 0.3 is 0 Å². The highest BCUT2D eigenvalue weighted by molar-refractivity contribution is 14.0. The van der Waals surface area contributed by atoms with Gasteiger partial charge < -0.3 is 11.1 Å². The average molecular weight is 407 g/mol. The van der Waals surface area contributed by atoms with Crippen molar-refractivity contribution >= 4 is 29.9 Å². The summed E-state index contributed by atoms with van der Waals surface area (Å²) in [4.78, 5) is 4.36. The summed E-state index contributed by atoms with van der Waals surface area (Å²) in [7, 11) is 0. The first-order valence-corrected chi connectivity index (χ1v) is 7.11. The van der Waals surface area contributed by atoms with Crippen LogP contribution >= 0.6 is 24.0 Å². The predicted molar refractivity (Wildman–Crippen MR) is 98.8 cm³/mol. The Morgan fingerprint density at radius 1 is 1.38 bits per heavy atom. The predicted octanol–water partition coefficient (Wildman–Crippen LogP) is 3.67. The van der Waals surface area contributed by atoms with Crippen LogP contribution < -0.4 is 11.1 Å². The van der Waals surface area contributed by atoms with E-state index < -0.39 is 0 Å². The molecule has 0 amide bonds. The molecule has 0 bridgehead atoms. The molecule has 0 fully saturated rings. The standard InChI is InChI=1S/C16H26FN3.HI/c1-12(2)8-9-19-15(18)20-11-16(3,4)13-6-5-7-14(17)10-13;/h5-7,10,12H,8-9,11H2,1-4H3,(H3,18,19,20);1H. The second-order valence-electron chi connectivity index (χ2n) is 6.20. The highest BCUT2D eigenvalue weighted by Gasteiger charge is 2.20. The summed E-state index contributed by atoms with van der Waals surface area (Å²) < 4.78 is 13.3. The van der Waals surface area contributed by atoms with E-state index in [1.54, 1.807) is 12.1 Å². The molecule has 0 unspecified atom stereocenters. The Labute approximate surface area is 144 Å². The van der Waals surface area contributed by atoms with E-state index in [1.807, 2.05) is 19.9 Å². The van der Waals surface area contributed by atoms with E-state index in [2.05, 4.69) is 24.2 Å². The molecule has 1 rings (SSSR count). The number of nitrogens with zero attached hydrogens (tertiary/aromatic N) is 1. The van der Waals surface area contributed by atoms with E-state index >= 15 is 0 Å². The third-order valence-corrected chi connectivity index (χ3v) is 3.28. The van der Waals surface area contributed by atoms with Gasteiger partial charge in [0.15, 0.2) is 5.96 Å². The minimum atomic E-state index is -0.244. The molecule has 3 nitrogen and oxygen atoms in total. The summed E-state index contributed by atoms with van der Waals surface area (Å²) in [6.07, 6.45) is 1.06. The first-order valence-electron chi connectivity index (χ1n) is 7.11. The number of halogens is 2. The fourth-order valence-corrected chi connectivity index (χ4v) is 1.83. The van der Waals surface area contributed by atoms with Gasteiger partial charge in [-0.1, -0.05) is 39.8 Å². The van der Waals surface area contributed by atoms with Crippen LogP contribution in [-0.4, -0.2) is 19.0 Å². The molecule has 1 aromatic rings. The van der Waals surface area contributed by atoms with E-state index in [9.17, 15) is 4.39 Å². The normalized spacial score (nSPS) is 12.2. The molecule has 0 atom stereocenters. The highest BCUT2D eigenvalue weighted by Crippen LogP contribution is 2.23. The topological polar surface area (TPSA) is 50.4 Å². The average Bonchev–Trinajstić information content (AvgIpc) is 2.36. The Balaban J connectivity index is 0.00000400. The monoisotopic (exact) mass is 407 g/mol. The molecule has 21 heavy (non-hydrogen) atoms. The van der Waals surface area contributed by atoms with Crippen molar-refractivity contribution in [3.8, 4) is 0 Å². The zero-order valence-corrected chi connectivity index (χ0v) is 15.6. The van der Waals surface area contributed by atoms with Crippen molar-refractivity contribution in [2.24, 2.45) is 16.6 Å². The summed E-state index contributed by atoms with van der Waals surface area (Å²) in [5, 5.41) is 3.10. The van der Waals surface area contributed by atoms with Gasteiger partial charge in [-0.2, -0.15) is 0 Å². The summed E-state index contributed by atoms with van der Waals surface area (Å²) >= 11 is 0. The molecule has 0 spiro atoms. The third-order valence-electron chi connectivity index (χ3n) is 3.28. The summed E-state index contributed by atoms with van der Waals surface area (Å²) in [6.45, 7) is 9.76. The van der Waals surface area contributed by atoms with E-state index in [0.717, 1.165) is 18.5 Å². The fraction of sp³-hybridized carbons (Fsp3) is 0.562. The molecule has 0 aliphatic carbocycles. The molecular weight excluding hydrogens is 380 g/mol. The first kappa shape index (κ1) is 20.1. The smallest absolute Gasteiger partial charge is 0.188 e. The van der Waals surface area contributed by atoms with Gasteiger partial charge in [0, 0.05) is 12.0 Å². The van der Waals surface area contributed by atoms with Crippen LogP contribution in [0.4, 0.5) is 4.39 Å². The minimum absolute atomic E-state index is 0. The lowest BCUT2D eigenvalue weighted by Gasteiger charge is -2.23. The van der Waals surface area contributed by atoms with Crippen molar-refractivity contribution < 1.29 is 4.39 Å². The molecule has 0 saturated heterocycles. The van der Waals surface area contributed by atoms with E-state index in [0.29, 0.717) is 18.4 Å². The van der Waals surface area contributed by atoms with Crippen LogP contribution in [0.25, 0.3) is 0 Å². The Hall–Kier alpha value is -0.850. The fourth-order valence-electron chi connectivity index (χ4n) is 1.83. The van der Waals surface area contributed by atoms with Crippen LogP contribution in [0.2, 0.25) is 0 Å². The highest BCUT2D eigenvalue weighted by atomic mass is 127. The number of hydrogen-bond acceptors (Lipinski definition) is 1. The molecule has 0 aliphatic rings. The number of rotatable bonds is 6. The molecule has 0 heterocycles. The van der Waals surface area contributed by atoms with Crippen molar-refractivity contribution in [3.05, 3.63) is 35.6 Å². The van der Waals surface area contributed by atoms with Crippen molar-refractivity contribution in [2.45, 2.75) is 39.5 Å². The Morgan fingerprint density at radius 3 is 2.62 bits per heavy atom. The van der Waals surface area contributed by atoms with E-state index in [1.165, 1.54) is 6.07 Å². The number of benzene rings is 1. The maximum atomic E-state index is 13.3. The van der Waals surface area contributed by atoms with Gasteiger partial charge in [0.2, 0.25) is 0 Å². The second kappa shape index (κ2) is 9.23. The maximum Gasteiger partial charge on any atom is 0.188 e. The molecule has 0 aromatic heterocycles. The lowest BCUT2D eigenvalue weighted by molar-refractivity contribution is 0.529. The van der Waals surface area contributed by atoms with Gasteiger partial charge in [0.25, 0.3) is 0 Å². The van der Waals surface area contributed by atoms with Crippen molar-refractivity contribution in [3.63, 3.8) is 0 Å². The van der Waals surface area contributed by atoms with Crippen LogP contribution in [-0.2, 0) is 5.41 Å².